The third-order valence-electron chi connectivity index (χ3n) is 28.3. The largest absolute Gasteiger partial charge is 0.384 e. The molecule has 0 atom stereocenters. The predicted octanol–water partition coefficient (Wildman–Crippen LogP) is 27.2. The maximum atomic E-state index is 12.5. The molecule has 0 unspecified atom stereocenters. The lowest BCUT2D eigenvalue weighted by Gasteiger charge is -2.22. The number of likely N-dealkylation sites (N-methyl/N-ethyl adjacent to an activating group) is 2. The van der Waals surface area contributed by atoms with Gasteiger partial charge in [-0.1, -0.05) is 307 Å². The van der Waals surface area contributed by atoms with Crippen LogP contribution in [0.4, 0.5) is 28.4 Å². The second-order valence-corrected chi connectivity index (χ2v) is 48.1. The van der Waals surface area contributed by atoms with Crippen LogP contribution in [-0.4, -0.2) is 108 Å². The second kappa shape index (κ2) is 40.0. The van der Waals surface area contributed by atoms with E-state index in [2.05, 4.69) is 388 Å². The normalized spacial score (nSPS) is 15.4. The quantitative estimate of drug-likeness (QED) is 0.127. The fourth-order valence-corrected chi connectivity index (χ4v) is 18.6. The van der Waals surface area contributed by atoms with Gasteiger partial charge in [0.05, 0.1) is 17.6 Å². The summed E-state index contributed by atoms with van der Waals surface area (Å²) in [5.74, 6) is 0.155. The minimum absolute atomic E-state index is 0.0197. The molecule has 7 aliphatic rings. The number of fused-ring (bicyclic) bond motifs is 10. The Labute approximate surface area is 815 Å². The molecule has 0 radical (unpaired) electrons. The summed E-state index contributed by atoms with van der Waals surface area (Å²) in [5, 5.41) is 16.7. The number of nitrogens with one attached hydrogen (secondary N) is 4. The summed E-state index contributed by atoms with van der Waals surface area (Å²) in [7, 11) is 3.35. The molecule has 12 aromatic rings. The molecule has 9 aromatic carbocycles. The molecule has 2 spiro atoms. The fourth-order valence-electron chi connectivity index (χ4n) is 18.6. The molecule has 0 saturated heterocycles. The van der Waals surface area contributed by atoms with Gasteiger partial charge in [0, 0.05) is 147 Å². The molecule has 8 heterocycles. The number of amides is 3. The zero-order valence-corrected chi connectivity index (χ0v) is 88.3. The molecule has 724 valence electrons. The van der Waals surface area contributed by atoms with Crippen molar-refractivity contribution in [2.24, 2.45) is 0 Å². The first-order valence-corrected chi connectivity index (χ1v) is 49.6. The molecule has 2 fully saturated rings. The van der Waals surface area contributed by atoms with Crippen molar-refractivity contribution in [3.05, 3.63) is 291 Å². The standard InChI is InChI=1S/C19H21N.C18H25N3O2.C16H21NO.C14H19NO.C14H17NO.C14H19N.C14H21N.C12H17N/c1-19(2,3)17-10-9-16-11-12-20(18(16)13-17)14-15-7-5-4-6-8-15;1-18(2,3)14-7-6-13-8-9-21(15(13)10-14)17(23)12-20(5)16(22)11-19-4;1-11(18)17-10-16(7-8-16)13-6-5-12(9-14(13)17)15(2,3)4;2*1-10(16)15-8-7-11-5-6-12(9-13(11)15)14(2,3)4;1-13(2,3)10-4-5-11-12(8-10)15-9-14(11)6-7-14;1-13(2,3)10-6-7-11-12(8-10)15-9-14(11,4)5;1-12(2,3)10-5-4-9-6-7-13-11(9)8-10/h4-13H,14H2,1-3H3;6-10,19H,11-12H2,1-5H3;5-6,9H,7-8,10H2,1-4H3;5-6,9H,7-8H2,1-4H3;5-9H,1-4H3;4-5,8,15H,6-7,9H2,1-3H3;6-8,15H,9H2,1-5H3;4-5,8,13H,6-7H2,1-3H3. The van der Waals surface area contributed by atoms with E-state index < -0.39 is 0 Å². The number of aromatic nitrogens is 3. The summed E-state index contributed by atoms with van der Waals surface area (Å²) in [6, 6.07) is 70.0. The summed E-state index contributed by atoms with van der Waals surface area (Å²) >= 11 is 0. The lowest BCUT2D eigenvalue weighted by atomic mass is 9.82. The molecule has 15 heteroatoms. The monoisotopic (exact) mass is 1830 g/mol. The van der Waals surface area contributed by atoms with Crippen molar-refractivity contribution in [3.63, 3.8) is 0 Å². The van der Waals surface area contributed by atoms with Crippen molar-refractivity contribution in [1.82, 2.24) is 23.9 Å². The summed E-state index contributed by atoms with van der Waals surface area (Å²) in [6.45, 7) is 69.1. The number of anilines is 5. The van der Waals surface area contributed by atoms with Crippen molar-refractivity contribution in [3.8, 4) is 0 Å². The number of hydrogen-bond acceptors (Lipinski definition) is 9. The molecule has 15 nitrogen and oxygen atoms in total. The van der Waals surface area contributed by atoms with Crippen LogP contribution in [0, 0.1) is 0 Å². The zero-order chi connectivity index (χ0) is 99.8. The Balaban J connectivity index is 0.000000140. The molecule has 5 aliphatic heterocycles. The molecular formula is C121H160N10O5. The molecule has 3 amide bonds. The summed E-state index contributed by atoms with van der Waals surface area (Å²) < 4.78 is 5.66. The Morgan fingerprint density at radius 2 is 0.787 bits per heavy atom. The lowest BCUT2D eigenvalue weighted by molar-refractivity contribution is -0.128. The number of carbonyl (C=O) groups excluding carboxylic acids is 5. The lowest BCUT2D eigenvalue weighted by Crippen LogP contribution is -2.38. The van der Waals surface area contributed by atoms with E-state index in [1.54, 1.807) is 55.8 Å². The van der Waals surface area contributed by atoms with Crippen molar-refractivity contribution in [1.29, 1.82) is 0 Å². The minimum atomic E-state index is -0.113. The van der Waals surface area contributed by atoms with Gasteiger partial charge in [-0.2, -0.15) is 0 Å². The van der Waals surface area contributed by atoms with Gasteiger partial charge in [0.15, 0.2) is 0 Å². The Hall–Kier alpha value is -11.3. The minimum Gasteiger partial charge on any atom is -0.384 e. The van der Waals surface area contributed by atoms with Gasteiger partial charge >= 0.3 is 0 Å². The van der Waals surface area contributed by atoms with Gasteiger partial charge in [-0.25, -0.2) is 0 Å². The van der Waals surface area contributed by atoms with E-state index >= 15 is 0 Å². The van der Waals surface area contributed by atoms with Gasteiger partial charge in [0.2, 0.25) is 23.6 Å². The smallest absolute Gasteiger partial charge is 0.250 e. The number of rotatable bonds is 6. The Kier molecular flexibility index (Phi) is 30.5. The third kappa shape index (κ3) is 24.8. The topological polar surface area (TPSA) is 158 Å². The van der Waals surface area contributed by atoms with Crippen LogP contribution in [-0.2, 0) is 93.3 Å². The van der Waals surface area contributed by atoms with Crippen molar-refractivity contribution in [2.45, 2.75) is 305 Å². The van der Waals surface area contributed by atoms with Crippen LogP contribution in [0.2, 0.25) is 0 Å². The third-order valence-corrected chi connectivity index (χ3v) is 28.3. The van der Waals surface area contributed by atoms with E-state index in [9.17, 15) is 24.0 Å². The molecule has 2 saturated carbocycles. The summed E-state index contributed by atoms with van der Waals surface area (Å²) in [5.41, 5.74) is 31.2. The van der Waals surface area contributed by atoms with Crippen LogP contribution < -0.4 is 31.1 Å². The van der Waals surface area contributed by atoms with Gasteiger partial charge in [-0.05, 0) is 239 Å². The van der Waals surface area contributed by atoms with Crippen molar-refractivity contribution >= 4 is 90.7 Å². The Bertz CT molecular complexity index is 6250. The van der Waals surface area contributed by atoms with Crippen LogP contribution >= 0.6 is 0 Å². The first kappa shape index (κ1) is 104. The van der Waals surface area contributed by atoms with Gasteiger partial charge in [-0.3, -0.25) is 33.1 Å². The van der Waals surface area contributed by atoms with Crippen LogP contribution in [0.15, 0.2) is 213 Å². The van der Waals surface area contributed by atoms with E-state index in [4.69, 9.17) is 0 Å². The summed E-state index contributed by atoms with van der Waals surface area (Å²) in [4.78, 5) is 64.4. The highest BCUT2D eigenvalue weighted by Crippen LogP contribution is 2.58. The molecule has 4 N–H and O–H groups in total. The van der Waals surface area contributed by atoms with Gasteiger partial charge in [0.1, 0.15) is 6.54 Å². The van der Waals surface area contributed by atoms with Crippen molar-refractivity contribution in [2.75, 3.05) is 85.7 Å². The van der Waals surface area contributed by atoms with E-state index in [1.807, 2.05) is 34.2 Å². The average Bonchev–Trinajstić information content (AvgIpc) is 1.55. The highest BCUT2D eigenvalue weighted by atomic mass is 16.2. The number of nitrogens with zero attached hydrogens (tertiary/aromatic N) is 6. The predicted molar refractivity (Wildman–Crippen MR) is 575 cm³/mol. The van der Waals surface area contributed by atoms with Gasteiger partial charge < -0.3 is 40.5 Å². The zero-order valence-electron chi connectivity index (χ0n) is 88.3. The van der Waals surface area contributed by atoms with Crippen LogP contribution in [0.3, 0.4) is 0 Å². The highest BCUT2D eigenvalue weighted by molar-refractivity contribution is 5.97. The van der Waals surface area contributed by atoms with Crippen LogP contribution in [0.1, 0.15) is 314 Å². The Morgan fingerprint density at radius 1 is 0.382 bits per heavy atom. The van der Waals surface area contributed by atoms with E-state index in [0.717, 1.165) is 78.9 Å². The van der Waals surface area contributed by atoms with E-state index in [-0.39, 0.29) is 91.4 Å². The van der Waals surface area contributed by atoms with Crippen molar-refractivity contribution < 1.29 is 24.0 Å². The molecule has 2 aliphatic carbocycles. The highest BCUT2D eigenvalue weighted by Gasteiger charge is 2.53. The maximum Gasteiger partial charge on any atom is 0.250 e. The molecule has 3 aromatic heterocycles. The second-order valence-electron chi connectivity index (χ2n) is 48.1. The van der Waals surface area contributed by atoms with E-state index in [1.165, 1.54) is 137 Å². The number of carbonyl (C=O) groups is 5. The van der Waals surface area contributed by atoms with Crippen LogP contribution in [0.25, 0.3) is 32.7 Å². The van der Waals surface area contributed by atoms with Crippen LogP contribution in [0.5, 0.6) is 0 Å². The number of hydrogen-bond donors (Lipinski definition) is 4. The molecular weight excluding hydrogens is 1670 g/mol. The van der Waals surface area contributed by atoms with Gasteiger partial charge in [0.25, 0.3) is 5.91 Å². The first-order chi connectivity index (χ1) is 63.3. The Morgan fingerprint density at radius 3 is 1.27 bits per heavy atom. The molecule has 136 heavy (non-hydrogen) atoms. The van der Waals surface area contributed by atoms with Gasteiger partial charge in [-0.15, -0.1) is 0 Å². The SMILES string of the molecule is CC(=O)N1CC2(CC2)c2ccc(C(C)(C)C)cc21.CC(=O)N1CCc2ccc(C(C)(C)C)cc21.CC(=O)n1ccc2ccc(C(C)(C)C)cc21.CC(C)(C)c1ccc2c(c1)NCC2.CC(C)(C)c1ccc2c(c1)NCC2(C)C.CC(C)(C)c1ccc2c(c1)NCC21CC1.CC(C)(C)c1ccc2ccn(Cc3ccccc3)c2c1.CNCC(=O)N(C)CC(=O)n1ccc2ccc(C(C)(C)C)cc21. The fraction of sp³-hybridized carbons (Fsp3) is 0.463. The first-order valence-electron chi connectivity index (χ1n) is 49.6. The van der Waals surface area contributed by atoms with E-state index in [0.29, 0.717) is 10.8 Å². The summed E-state index contributed by atoms with van der Waals surface area (Å²) in [6.07, 6.45) is 13.2. The molecule has 0 bridgehead atoms. The maximum absolute atomic E-state index is 12.5. The molecule has 19 rings (SSSR count). The number of benzene rings is 9. The average molecular weight is 1830 g/mol.